The van der Waals surface area contributed by atoms with Crippen LogP contribution in [0.3, 0.4) is 0 Å². The van der Waals surface area contributed by atoms with Crippen LogP contribution in [0.2, 0.25) is 0 Å². The highest BCUT2D eigenvalue weighted by Crippen LogP contribution is 2.30. The highest BCUT2D eigenvalue weighted by atomic mass is 16.7. The number of ether oxygens (including phenoxy) is 3. The van der Waals surface area contributed by atoms with Crippen molar-refractivity contribution in [1.29, 1.82) is 0 Å². The van der Waals surface area contributed by atoms with Gasteiger partial charge in [-0.1, -0.05) is 6.92 Å². The van der Waals surface area contributed by atoms with Crippen LogP contribution in [-0.2, 0) is 14.2 Å². The molecule has 2 heterocycles. The lowest BCUT2D eigenvalue weighted by atomic mass is 9.92. The molecule has 23 heavy (non-hydrogen) atoms. The Morgan fingerprint density at radius 3 is 1.96 bits per heavy atom. The predicted molar refractivity (Wildman–Crippen MR) is 71.8 cm³/mol. The standard InChI is InChI=1S/C13H24O10/c1-4-7(16)11(6(3-15)21-12(4)20)23-13-10(19)9(18)8(17)5(2-14)22-13/h4-20H,2-3H2,1H3/t4-,5?,6?,7?,8-,9?,10-,11+,12?,13-/m0/s1. The maximum atomic E-state index is 10.2. The summed E-state index contributed by atoms with van der Waals surface area (Å²) in [5.74, 6) is -0.729. The van der Waals surface area contributed by atoms with Crippen molar-refractivity contribution in [1.82, 2.24) is 0 Å². The molecule has 0 aromatic heterocycles. The Morgan fingerprint density at radius 1 is 0.783 bits per heavy atom. The Hall–Kier alpha value is -0.400. The van der Waals surface area contributed by atoms with E-state index in [2.05, 4.69) is 0 Å². The molecule has 7 N–H and O–H groups in total. The molecule has 0 radical (unpaired) electrons. The first-order valence-corrected chi connectivity index (χ1v) is 7.40. The van der Waals surface area contributed by atoms with Gasteiger partial charge in [-0.25, -0.2) is 0 Å². The Morgan fingerprint density at radius 2 is 1.39 bits per heavy atom. The number of aliphatic hydroxyl groups excluding tert-OH is 7. The van der Waals surface area contributed by atoms with Crippen LogP contribution in [0.4, 0.5) is 0 Å². The van der Waals surface area contributed by atoms with Crippen molar-refractivity contribution in [3.05, 3.63) is 0 Å². The van der Waals surface area contributed by atoms with Crippen LogP contribution in [-0.4, -0.2) is 104 Å². The lowest BCUT2D eigenvalue weighted by Gasteiger charge is -2.45. The van der Waals surface area contributed by atoms with E-state index in [-0.39, 0.29) is 0 Å². The molecule has 0 bridgehead atoms. The highest BCUT2D eigenvalue weighted by Gasteiger charge is 2.49. The monoisotopic (exact) mass is 340 g/mol. The van der Waals surface area contributed by atoms with Gasteiger partial charge < -0.3 is 50.0 Å². The van der Waals surface area contributed by atoms with Gasteiger partial charge in [0.25, 0.3) is 0 Å². The van der Waals surface area contributed by atoms with Crippen molar-refractivity contribution in [2.24, 2.45) is 5.92 Å². The van der Waals surface area contributed by atoms with E-state index in [0.29, 0.717) is 0 Å². The van der Waals surface area contributed by atoms with Gasteiger partial charge in [0.1, 0.15) is 36.6 Å². The van der Waals surface area contributed by atoms with E-state index in [0.717, 1.165) is 0 Å². The maximum absolute atomic E-state index is 10.2. The van der Waals surface area contributed by atoms with Crippen molar-refractivity contribution < 1.29 is 50.0 Å². The molecule has 5 unspecified atom stereocenters. The van der Waals surface area contributed by atoms with Crippen LogP contribution in [0.1, 0.15) is 6.92 Å². The molecule has 2 aliphatic heterocycles. The molecule has 0 amide bonds. The predicted octanol–water partition coefficient (Wildman–Crippen LogP) is -4.12. The molecule has 10 heteroatoms. The molecule has 2 aliphatic rings. The van der Waals surface area contributed by atoms with E-state index in [9.17, 15) is 30.6 Å². The lowest BCUT2D eigenvalue weighted by molar-refractivity contribution is -0.349. The van der Waals surface area contributed by atoms with Gasteiger partial charge in [0.2, 0.25) is 0 Å². The number of aliphatic hydroxyl groups is 7. The van der Waals surface area contributed by atoms with Gasteiger partial charge in [-0.15, -0.1) is 0 Å². The fourth-order valence-corrected chi connectivity index (χ4v) is 2.72. The molecule has 2 rings (SSSR count). The summed E-state index contributed by atoms with van der Waals surface area (Å²) in [7, 11) is 0. The largest absolute Gasteiger partial charge is 0.394 e. The Bertz CT molecular complexity index is 378. The van der Waals surface area contributed by atoms with Gasteiger partial charge in [0, 0.05) is 5.92 Å². The van der Waals surface area contributed by atoms with E-state index in [1.54, 1.807) is 0 Å². The molecule has 10 atom stereocenters. The molecule has 136 valence electrons. The van der Waals surface area contributed by atoms with Crippen molar-refractivity contribution in [2.45, 2.75) is 62.2 Å². The number of rotatable bonds is 4. The minimum absolute atomic E-state index is 0.567. The van der Waals surface area contributed by atoms with E-state index >= 15 is 0 Å². The van der Waals surface area contributed by atoms with E-state index in [1.807, 2.05) is 0 Å². The van der Waals surface area contributed by atoms with Crippen LogP contribution in [0, 0.1) is 5.92 Å². The molecule has 2 fully saturated rings. The first-order chi connectivity index (χ1) is 10.8. The minimum atomic E-state index is -1.64. The average Bonchev–Trinajstić information content (AvgIpc) is 2.55. The zero-order valence-electron chi connectivity index (χ0n) is 12.5. The SMILES string of the molecule is C[C@@H]1C(O)OC(CO)[C@@H](O[C@@H]2OC(CO)[C@H](O)C(O)[C@@H]2O)C1O. The highest BCUT2D eigenvalue weighted by molar-refractivity contribution is 4.92. The zero-order valence-corrected chi connectivity index (χ0v) is 12.5. The van der Waals surface area contributed by atoms with Crippen molar-refractivity contribution in [3.63, 3.8) is 0 Å². The quantitative estimate of drug-likeness (QED) is 0.267. The van der Waals surface area contributed by atoms with Gasteiger partial charge in [0.15, 0.2) is 12.6 Å². The van der Waals surface area contributed by atoms with Crippen LogP contribution < -0.4 is 0 Å². The van der Waals surface area contributed by atoms with Crippen LogP contribution in [0.5, 0.6) is 0 Å². The topological polar surface area (TPSA) is 169 Å². The van der Waals surface area contributed by atoms with Crippen molar-refractivity contribution >= 4 is 0 Å². The maximum Gasteiger partial charge on any atom is 0.187 e. The second-order valence-corrected chi connectivity index (χ2v) is 5.90. The molecule has 0 saturated carbocycles. The third-order valence-electron chi connectivity index (χ3n) is 4.33. The van der Waals surface area contributed by atoms with E-state index < -0.39 is 74.4 Å². The molecule has 0 aliphatic carbocycles. The third kappa shape index (κ3) is 3.66. The second-order valence-electron chi connectivity index (χ2n) is 5.90. The minimum Gasteiger partial charge on any atom is -0.394 e. The Kier molecular flexibility index (Phi) is 6.30. The summed E-state index contributed by atoms with van der Waals surface area (Å²) in [6.45, 7) is 0.322. The second kappa shape index (κ2) is 7.66. The fraction of sp³-hybridized carbons (Fsp3) is 1.00. The van der Waals surface area contributed by atoms with Gasteiger partial charge in [-0.2, -0.15) is 0 Å². The third-order valence-corrected chi connectivity index (χ3v) is 4.33. The Labute approximate surface area is 132 Å². The summed E-state index contributed by atoms with van der Waals surface area (Å²) in [6, 6.07) is 0. The van der Waals surface area contributed by atoms with Gasteiger partial charge in [-0.3, -0.25) is 0 Å². The summed E-state index contributed by atoms with van der Waals surface area (Å²) in [4.78, 5) is 0. The molecule has 2 saturated heterocycles. The number of hydrogen-bond donors (Lipinski definition) is 7. The molecule has 0 aromatic carbocycles. The van der Waals surface area contributed by atoms with Gasteiger partial charge >= 0.3 is 0 Å². The van der Waals surface area contributed by atoms with Crippen LogP contribution in [0.15, 0.2) is 0 Å². The fourth-order valence-electron chi connectivity index (χ4n) is 2.72. The summed E-state index contributed by atoms with van der Waals surface area (Å²) in [6.07, 6.45) is -12.2. The lowest BCUT2D eigenvalue weighted by Crippen LogP contribution is -2.63. The van der Waals surface area contributed by atoms with E-state index in [1.165, 1.54) is 6.92 Å². The summed E-state index contributed by atoms with van der Waals surface area (Å²) in [5, 5.41) is 67.7. The van der Waals surface area contributed by atoms with E-state index in [4.69, 9.17) is 19.3 Å². The zero-order chi connectivity index (χ0) is 17.3. The van der Waals surface area contributed by atoms with Crippen molar-refractivity contribution in [3.8, 4) is 0 Å². The average molecular weight is 340 g/mol. The summed E-state index contributed by atoms with van der Waals surface area (Å²) in [5.41, 5.74) is 0. The molecule has 0 aromatic rings. The first-order valence-electron chi connectivity index (χ1n) is 7.40. The summed E-state index contributed by atoms with van der Waals surface area (Å²) < 4.78 is 15.8. The van der Waals surface area contributed by atoms with Crippen molar-refractivity contribution in [2.75, 3.05) is 13.2 Å². The number of hydrogen-bond acceptors (Lipinski definition) is 10. The normalized spacial score (nSPS) is 51.7. The van der Waals surface area contributed by atoms with Crippen LogP contribution in [0.25, 0.3) is 0 Å². The smallest absolute Gasteiger partial charge is 0.187 e. The Balaban J connectivity index is 2.11. The first kappa shape index (κ1) is 18.9. The summed E-state index contributed by atoms with van der Waals surface area (Å²) >= 11 is 0. The molecule has 0 spiro atoms. The molecule has 10 nitrogen and oxygen atoms in total. The van der Waals surface area contributed by atoms with Crippen LogP contribution >= 0.6 is 0 Å². The molecular formula is C13H24O10. The van der Waals surface area contributed by atoms with Gasteiger partial charge in [0.05, 0.1) is 19.3 Å². The molecular weight excluding hydrogens is 316 g/mol. The van der Waals surface area contributed by atoms with Gasteiger partial charge in [-0.05, 0) is 0 Å².